The summed E-state index contributed by atoms with van der Waals surface area (Å²) in [5.74, 6) is 0.354. The van der Waals surface area contributed by atoms with Gasteiger partial charge in [0.2, 0.25) is 5.95 Å². The number of aryl methyl sites for hydroxylation is 2. The maximum atomic E-state index is 11.2. The molecule has 3 N–H and O–H groups in total. The zero-order valence-electron chi connectivity index (χ0n) is 15.4. The van der Waals surface area contributed by atoms with Crippen molar-refractivity contribution in [2.75, 3.05) is 11.1 Å². The molecule has 2 heterocycles. The second-order valence-corrected chi connectivity index (χ2v) is 6.54. The third kappa shape index (κ3) is 3.01. The zero-order valence-corrected chi connectivity index (χ0v) is 15.4. The number of anilines is 3. The number of benzene rings is 2. The number of fused-ring (bicyclic) bond motifs is 1. The molecular formula is C20H18N6O2. The highest BCUT2D eigenvalue weighted by Gasteiger charge is 2.16. The van der Waals surface area contributed by atoms with Crippen molar-refractivity contribution >= 4 is 33.9 Å². The van der Waals surface area contributed by atoms with Gasteiger partial charge in [-0.2, -0.15) is 0 Å². The van der Waals surface area contributed by atoms with Crippen molar-refractivity contribution in [2.24, 2.45) is 7.05 Å². The van der Waals surface area contributed by atoms with E-state index in [9.17, 15) is 10.1 Å². The van der Waals surface area contributed by atoms with Gasteiger partial charge in [0.15, 0.2) is 0 Å². The molecule has 0 bridgehead atoms. The fourth-order valence-corrected chi connectivity index (χ4v) is 3.25. The van der Waals surface area contributed by atoms with Gasteiger partial charge in [-0.3, -0.25) is 10.1 Å². The van der Waals surface area contributed by atoms with Crippen LogP contribution in [0.3, 0.4) is 0 Å². The van der Waals surface area contributed by atoms with E-state index in [0.29, 0.717) is 11.6 Å². The van der Waals surface area contributed by atoms with Crippen LogP contribution < -0.4 is 11.1 Å². The molecular weight excluding hydrogens is 356 g/mol. The lowest BCUT2D eigenvalue weighted by Crippen LogP contribution is -2.02. The summed E-state index contributed by atoms with van der Waals surface area (Å²) in [7, 11) is 1.99. The molecule has 2 aromatic heterocycles. The van der Waals surface area contributed by atoms with E-state index in [-0.39, 0.29) is 11.4 Å². The molecule has 4 rings (SSSR count). The Hall–Kier alpha value is -3.94. The second kappa shape index (κ2) is 6.66. The lowest BCUT2D eigenvalue weighted by molar-refractivity contribution is -0.383. The molecule has 0 aliphatic heterocycles. The van der Waals surface area contributed by atoms with E-state index in [1.165, 1.54) is 6.07 Å². The number of nitrogens with zero attached hydrogens (tertiary/aromatic N) is 4. The number of rotatable bonds is 4. The van der Waals surface area contributed by atoms with Gasteiger partial charge in [0, 0.05) is 42.0 Å². The molecule has 0 saturated heterocycles. The number of hydrogen-bond acceptors (Lipinski definition) is 6. The number of nitro groups is 1. The van der Waals surface area contributed by atoms with E-state index in [4.69, 9.17) is 5.73 Å². The minimum absolute atomic E-state index is 0.124. The highest BCUT2D eigenvalue weighted by atomic mass is 16.6. The first-order valence-electron chi connectivity index (χ1n) is 8.63. The standard InChI is InChI=1S/C20H18N6O2/c1-12-9-15(21)19(26(27)28)10-17(12)24-20-22-8-7-16(23-20)14-11-25(2)18-6-4-3-5-13(14)18/h3-11H,21H2,1-2H3,(H,22,23,24). The predicted molar refractivity (Wildman–Crippen MR) is 109 cm³/mol. The first kappa shape index (κ1) is 17.5. The smallest absolute Gasteiger partial charge is 0.294 e. The third-order valence-corrected chi connectivity index (χ3v) is 4.65. The first-order valence-corrected chi connectivity index (χ1v) is 8.63. The summed E-state index contributed by atoms with van der Waals surface area (Å²) in [6.07, 6.45) is 3.68. The molecule has 28 heavy (non-hydrogen) atoms. The van der Waals surface area contributed by atoms with Crippen LogP contribution in [0.2, 0.25) is 0 Å². The van der Waals surface area contributed by atoms with Crippen molar-refractivity contribution in [1.29, 1.82) is 0 Å². The summed E-state index contributed by atoms with van der Waals surface area (Å²) in [5, 5.41) is 15.3. The molecule has 0 unspecified atom stereocenters. The molecule has 0 aliphatic carbocycles. The summed E-state index contributed by atoms with van der Waals surface area (Å²) in [6, 6.07) is 12.9. The van der Waals surface area contributed by atoms with E-state index in [1.54, 1.807) is 12.3 Å². The fourth-order valence-electron chi connectivity index (χ4n) is 3.25. The SMILES string of the molecule is Cc1cc(N)c([N+](=O)[O-])cc1Nc1nccc(-c2cn(C)c3ccccc23)n1. The zero-order chi connectivity index (χ0) is 19.8. The summed E-state index contributed by atoms with van der Waals surface area (Å²) in [5.41, 5.74) is 9.87. The molecule has 0 spiro atoms. The molecule has 0 aliphatic rings. The monoisotopic (exact) mass is 374 g/mol. The summed E-state index contributed by atoms with van der Waals surface area (Å²) in [6.45, 7) is 1.82. The quantitative estimate of drug-likeness (QED) is 0.315. The van der Waals surface area contributed by atoms with Crippen molar-refractivity contribution < 1.29 is 4.92 Å². The van der Waals surface area contributed by atoms with Crippen molar-refractivity contribution in [3.63, 3.8) is 0 Å². The minimum atomic E-state index is -0.507. The molecule has 0 atom stereocenters. The number of nitrogens with one attached hydrogen (secondary N) is 1. The highest BCUT2D eigenvalue weighted by molar-refractivity contribution is 5.95. The van der Waals surface area contributed by atoms with Gasteiger partial charge in [-0.25, -0.2) is 9.97 Å². The Morgan fingerprint density at radius 2 is 2.00 bits per heavy atom. The normalized spacial score (nSPS) is 10.9. The van der Waals surface area contributed by atoms with Crippen molar-refractivity contribution in [1.82, 2.24) is 14.5 Å². The van der Waals surface area contributed by atoms with E-state index in [2.05, 4.69) is 21.4 Å². The molecule has 2 aromatic carbocycles. The van der Waals surface area contributed by atoms with Crippen LogP contribution in [0, 0.1) is 17.0 Å². The van der Waals surface area contributed by atoms with E-state index < -0.39 is 4.92 Å². The molecule has 0 saturated carbocycles. The summed E-state index contributed by atoms with van der Waals surface area (Å²) < 4.78 is 2.05. The van der Waals surface area contributed by atoms with Crippen LogP contribution in [-0.2, 0) is 7.05 Å². The number of para-hydroxylation sites is 1. The number of nitro benzene ring substituents is 1. The number of nitrogens with two attached hydrogens (primary N) is 1. The molecule has 4 aromatic rings. The molecule has 140 valence electrons. The Labute approximate surface area is 160 Å². The lowest BCUT2D eigenvalue weighted by Gasteiger charge is -2.10. The fraction of sp³-hybridized carbons (Fsp3) is 0.100. The molecule has 0 amide bonds. The van der Waals surface area contributed by atoms with Gasteiger partial charge in [-0.15, -0.1) is 0 Å². The third-order valence-electron chi connectivity index (χ3n) is 4.65. The van der Waals surface area contributed by atoms with Crippen LogP contribution in [0.4, 0.5) is 23.0 Å². The molecule has 0 fully saturated rings. The van der Waals surface area contributed by atoms with Crippen molar-refractivity contribution in [3.8, 4) is 11.3 Å². The van der Waals surface area contributed by atoms with Crippen LogP contribution in [0.1, 0.15) is 5.56 Å². The first-order chi connectivity index (χ1) is 13.4. The van der Waals surface area contributed by atoms with E-state index >= 15 is 0 Å². The average Bonchev–Trinajstić information content (AvgIpc) is 3.01. The van der Waals surface area contributed by atoms with Gasteiger partial charge in [-0.1, -0.05) is 18.2 Å². The van der Waals surface area contributed by atoms with Crippen LogP contribution in [-0.4, -0.2) is 19.5 Å². The predicted octanol–water partition coefficient (Wildman–Crippen LogP) is 4.18. The molecule has 0 radical (unpaired) electrons. The Bertz CT molecular complexity index is 1210. The number of nitrogen functional groups attached to an aromatic ring is 1. The molecule has 8 nitrogen and oxygen atoms in total. The van der Waals surface area contributed by atoms with E-state index in [1.807, 2.05) is 49.0 Å². The maximum Gasteiger partial charge on any atom is 0.294 e. The Balaban J connectivity index is 1.74. The maximum absolute atomic E-state index is 11.2. The van der Waals surface area contributed by atoms with Crippen LogP contribution in [0.15, 0.2) is 54.9 Å². The van der Waals surface area contributed by atoms with Gasteiger partial charge in [0.25, 0.3) is 5.69 Å². The van der Waals surface area contributed by atoms with Gasteiger partial charge in [-0.05, 0) is 30.7 Å². The Kier molecular flexibility index (Phi) is 4.15. The Morgan fingerprint density at radius 1 is 1.21 bits per heavy atom. The van der Waals surface area contributed by atoms with Gasteiger partial charge in [0.05, 0.1) is 16.3 Å². The number of hydrogen-bond donors (Lipinski definition) is 2. The van der Waals surface area contributed by atoms with Gasteiger partial charge >= 0.3 is 0 Å². The Morgan fingerprint density at radius 3 is 2.79 bits per heavy atom. The van der Waals surface area contributed by atoms with Crippen LogP contribution >= 0.6 is 0 Å². The minimum Gasteiger partial charge on any atom is -0.393 e. The van der Waals surface area contributed by atoms with Crippen LogP contribution in [0.5, 0.6) is 0 Å². The van der Waals surface area contributed by atoms with Gasteiger partial charge < -0.3 is 15.6 Å². The van der Waals surface area contributed by atoms with Crippen molar-refractivity contribution in [3.05, 3.63) is 70.5 Å². The summed E-state index contributed by atoms with van der Waals surface area (Å²) in [4.78, 5) is 19.5. The van der Waals surface area contributed by atoms with Crippen molar-refractivity contribution in [2.45, 2.75) is 6.92 Å². The summed E-state index contributed by atoms with van der Waals surface area (Å²) >= 11 is 0. The lowest BCUT2D eigenvalue weighted by atomic mass is 10.1. The number of aromatic nitrogens is 3. The van der Waals surface area contributed by atoms with Gasteiger partial charge in [0.1, 0.15) is 5.69 Å². The highest BCUT2D eigenvalue weighted by Crippen LogP contribution is 2.32. The average molecular weight is 374 g/mol. The molecule has 8 heteroatoms. The second-order valence-electron chi connectivity index (χ2n) is 6.54. The van der Waals surface area contributed by atoms with E-state index in [0.717, 1.165) is 27.7 Å². The largest absolute Gasteiger partial charge is 0.393 e. The van der Waals surface area contributed by atoms with Crippen LogP contribution in [0.25, 0.3) is 22.2 Å². The topological polar surface area (TPSA) is 112 Å².